The van der Waals surface area contributed by atoms with Crippen molar-refractivity contribution < 1.29 is 0 Å². The molecular formula is C46H26N4. The van der Waals surface area contributed by atoms with Crippen molar-refractivity contribution in [3.05, 3.63) is 158 Å². The lowest BCUT2D eigenvalue weighted by molar-refractivity contribution is 1.02. The lowest BCUT2D eigenvalue weighted by Gasteiger charge is -2.13. The summed E-state index contributed by atoms with van der Waals surface area (Å²) in [5.41, 5.74) is 8.89. The van der Waals surface area contributed by atoms with E-state index in [1.54, 1.807) is 0 Å². The van der Waals surface area contributed by atoms with Gasteiger partial charge in [0.25, 0.3) is 0 Å². The summed E-state index contributed by atoms with van der Waals surface area (Å²) in [6.07, 6.45) is 0. The Morgan fingerprint density at radius 2 is 0.980 bits per heavy atom. The topological polar surface area (TPSA) is 35.1 Å². The van der Waals surface area contributed by atoms with Crippen molar-refractivity contribution >= 4 is 92.3 Å². The maximum absolute atomic E-state index is 5.50. The standard InChI is InChI=1S/C46H26N4/c1-2-14-29(15-3-1)41-35-25-23-27-12-4-6-16-30(27)42(35)48-46(47-41)50-39-21-11-9-19-33(39)37-26-36-32-18-8-10-20-38(32)49-43-31-17-7-5-13-28(31)22-24-34(43)40(44(36)49)45(37)50/h1-26H. The number of nitrogens with zero attached hydrogens (tertiary/aromatic N) is 4. The first-order valence-corrected chi connectivity index (χ1v) is 17.1. The molecule has 0 N–H and O–H groups in total. The number of hydrogen-bond donors (Lipinski definition) is 0. The SMILES string of the molecule is c1ccc(-c2nc(-n3c4ccccc4c4cc5c6ccccc6n6c7c8ccccc8ccc7c(c43)c56)nc3c2ccc2ccccc23)cc1. The van der Waals surface area contributed by atoms with Crippen LogP contribution < -0.4 is 0 Å². The Bertz CT molecular complexity index is 3370. The van der Waals surface area contributed by atoms with E-state index in [0.29, 0.717) is 5.95 Å². The second-order valence-corrected chi connectivity index (χ2v) is 13.4. The quantitative estimate of drug-likeness (QED) is 0.177. The summed E-state index contributed by atoms with van der Waals surface area (Å²) in [5, 5.41) is 13.2. The Kier molecular flexibility index (Phi) is 4.94. The highest BCUT2D eigenvalue weighted by molar-refractivity contribution is 6.36. The first-order valence-electron chi connectivity index (χ1n) is 17.1. The number of para-hydroxylation sites is 2. The molecule has 12 aromatic rings. The van der Waals surface area contributed by atoms with Crippen LogP contribution in [0.1, 0.15) is 0 Å². The molecule has 4 nitrogen and oxygen atoms in total. The van der Waals surface area contributed by atoms with Crippen LogP contribution in [0.15, 0.2) is 158 Å². The van der Waals surface area contributed by atoms with Crippen molar-refractivity contribution in [1.82, 2.24) is 18.9 Å². The normalized spacial score (nSPS) is 12.4. The molecule has 0 spiro atoms. The molecule has 4 heterocycles. The Balaban J connectivity index is 1.35. The molecule has 0 amide bonds. The van der Waals surface area contributed by atoms with E-state index in [-0.39, 0.29) is 0 Å². The van der Waals surface area contributed by atoms with Crippen LogP contribution in [0.3, 0.4) is 0 Å². The second kappa shape index (κ2) is 9.43. The molecule has 4 heteroatoms. The monoisotopic (exact) mass is 634 g/mol. The molecule has 0 bridgehead atoms. The Morgan fingerprint density at radius 3 is 1.78 bits per heavy atom. The molecule has 0 aliphatic rings. The van der Waals surface area contributed by atoms with Crippen molar-refractivity contribution in [2.24, 2.45) is 0 Å². The van der Waals surface area contributed by atoms with E-state index in [4.69, 9.17) is 9.97 Å². The fourth-order valence-corrected chi connectivity index (χ4v) is 8.73. The Labute approximate surface area is 285 Å². The number of benzene rings is 8. The maximum atomic E-state index is 5.50. The third-order valence-electron chi connectivity index (χ3n) is 10.8. The number of aromatic nitrogens is 4. The van der Waals surface area contributed by atoms with Gasteiger partial charge in [-0.1, -0.05) is 133 Å². The zero-order chi connectivity index (χ0) is 32.5. The summed E-state index contributed by atoms with van der Waals surface area (Å²) in [6.45, 7) is 0. The second-order valence-electron chi connectivity index (χ2n) is 13.4. The van der Waals surface area contributed by atoms with Crippen LogP contribution in [-0.4, -0.2) is 18.9 Å². The van der Waals surface area contributed by atoms with Crippen molar-refractivity contribution in [2.75, 3.05) is 0 Å². The molecule has 0 aliphatic heterocycles. The third-order valence-corrected chi connectivity index (χ3v) is 10.8. The first kappa shape index (κ1) is 26.2. The summed E-state index contributed by atoms with van der Waals surface area (Å²) in [5.74, 6) is 0.673. The molecule has 0 fully saturated rings. The molecule has 4 aromatic heterocycles. The van der Waals surface area contributed by atoms with Crippen LogP contribution >= 0.6 is 0 Å². The fraction of sp³-hybridized carbons (Fsp3) is 0. The van der Waals surface area contributed by atoms with Crippen LogP contribution in [0.2, 0.25) is 0 Å². The van der Waals surface area contributed by atoms with Crippen molar-refractivity contribution in [2.45, 2.75) is 0 Å². The minimum atomic E-state index is 0.673. The lowest BCUT2D eigenvalue weighted by Crippen LogP contribution is -2.04. The van der Waals surface area contributed by atoms with Gasteiger partial charge in [-0.05, 0) is 35.0 Å². The van der Waals surface area contributed by atoms with Gasteiger partial charge in [0.2, 0.25) is 5.95 Å². The third kappa shape index (κ3) is 3.25. The minimum Gasteiger partial charge on any atom is -0.307 e. The molecule has 12 rings (SSSR count). The van der Waals surface area contributed by atoms with Gasteiger partial charge in [-0.3, -0.25) is 4.57 Å². The summed E-state index contributed by atoms with van der Waals surface area (Å²) in [7, 11) is 0. The van der Waals surface area contributed by atoms with Gasteiger partial charge in [0.15, 0.2) is 0 Å². The molecule has 8 aromatic carbocycles. The Morgan fingerprint density at radius 1 is 0.380 bits per heavy atom. The van der Waals surface area contributed by atoms with E-state index in [9.17, 15) is 0 Å². The average molecular weight is 635 g/mol. The van der Waals surface area contributed by atoms with Crippen molar-refractivity contribution in [1.29, 1.82) is 0 Å². The molecule has 0 radical (unpaired) electrons. The van der Waals surface area contributed by atoms with Crippen LogP contribution in [0, 0.1) is 0 Å². The summed E-state index contributed by atoms with van der Waals surface area (Å²) in [4.78, 5) is 11.0. The lowest BCUT2D eigenvalue weighted by atomic mass is 10.0. The van der Waals surface area contributed by atoms with E-state index in [0.717, 1.165) is 44.0 Å². The molecule has 0 aliphatic carbocycles. The van der Waals surface area contributed by atoms with Gasteiger partial charge >= 0.3 is 0 Å². The highest BCUT2D eigenvalue weighted by Crippen LogP contribution is 2.47. The summed E-state index contributed by atoms with van der Waals surface area (Å²) < 4.78 is 4.84. The van der Waals surface area contributed by atoms with Gasteiger partial charge in [0.05, 0.1) is 38.8 Å². The highest BCUT2D eigenvalue weighted by atomic mass is 15.2. The molecule has 50 heavy (non-hydrogen) atoms. The molecule has 0 saturated heterocycles. The van der Waals surface area contributed by atoms with Crippen LogP contribution in [-0.2, 0) is 0 Å². The van der Waals surface area contributed by atoms with Gasteiger partial charge in [-0.25, -0.2) is 9.97 Å². The summed E-state index contributed by atoms with van der Waals surface area (Å²) in [6, 6.07) is 56.8. The predicted molar refractivity (Wildman–Crippen MR) is 209 cm³/mol. The minimum absolute atomic E-state index is 0.673. The van der Waals surface area contributed by atoms with Gasteiger partial charge in [0.1, 0.15) is 0 Å². The smallest absolute Gasteiger partial charge is 0.235 e. The molecule has 0 unspecified atom stereocenters. The molecule has 0 saturated carbocycles. The summed E-state index contributed by atoms with van der Waals surface area (Å²) >= 11 is 0. The Hall–Kier alpha value is -6.78. The maximum Gasteiger partial charge on any atom is 0.235 e. The van der Waals surface area contributed by atoms with Crippen LogP contribution in [0.4, 0.5) is 0 Å². The molecule has 230 valence electrons. The molecular weight excluding hydrogens is 609 g/mol. The zero-order valence-electron chi connectivity index (χ0n) is 26.8. The van der Waals surface area contributed by atoms with Gasteiger partial charge in [-0.15, -0.1) is 0 Å². The van der Waals surface area contributed by atoms with E-state index < -0.39 is 0 Å². The number of rotatable bonds is 2. The van der Waals surface area contributed by atoms with Crippen LogP contribution in [0.5, 0.6) is 0 Å². The van der Waals surface area contributed by atoms with E-state index >= 15 is 0 Å². The van der Waals surface area contributed by atoms with E-state index in [1.165, 1.54) is 59.6 Å². The van der Waals surface area contributed by atoms with Gasteiger partial charge in [0, 0.05) is 54.0 Å². The zero-order valence-corrected chi connectivity index (χ0v) is 26.8. The van der Waals surface area contributed by atoms with Gasteiger partial charge in [-0.2, -0.15) is 0 Å². The first-order chi connectivity index (χ1) is 24.8. The number of fused-ring (bicyclic) bond motifs is 15. The highest BCUT2D eigenvalue weighted by Gasteiger charge is 2.26. The fourth-order valence-electron chi connectivity index (χ4n) is 8.73. The van der Waals surface area contributed by atoms with Gasteiger partial charge < -0.3 is 4.40 Å². The van der Waals surface area contributed by atoms with Crippen molar-refractivity contribution in [3.8, 4) is 17.2 Å². The molecule has 0 atom stereocenters. The average Bonchev–Trinajstić information content (AvgIpc) is 3.82. The van der Waals surface area contributed by atoms with Crippen LogP contribution in [0.25, 0.3) is 110 Å². The number of hydrogen-bond acceptors (Lipinski definition) is 2. The largest absolute Gasteiger partial charge is 0.307 e. The predicted octanol–water partition coefficient (Wildman–Crippen LogP) is 11.9. The van der Waals surface area contributed by atoms with E-state index in [2.05, 4.69) is 167 Å². The van der Waals surface area contributed by atoms with E-state index in [1.807, 2.05) is 0 Å². The van der Waals surface area contributed by atoms with Crippen molar-refractivity contribution in [3.63, 3.8) is 0 Å².